The Hall–Kier alpha value is -3.26. The minimum absolute atomic E-state index is 0.0743. The maximum Gasteiger partial charge on any atom is 0.311 e. The number of carbonyl (C=O) groups is 2. The standard InChI is InChI=1S/C68H96N2O10/c1-59(2,3)61(7,73)47-37-63-27-29-67(47,75-9)57-65(63)31-33-69(39-41-19-20-41)49(63)35-43-23-25-45(55(79-57)53(43)65)77-51(71)17-15-13-11-12-14-16-18-52(72)78-46-26-24-44-36-50-64-28-30-68(76-10,48(38-64)62(8,74)60(4,5)6)58-66(64,54(44)56(46)80-58)32-34-70(50)40-42-21-22-42/h23-26,41-42,47-50,57-58,73-74H,11-22,27-40H2,1-10H3/t47-,48-,49-,50-,57-,58-,61+,62+,63-,64-,65+,66+,67-,68-/m1/s1. The molecule has 4 aliphatic heterocycles. The van der Waals surface area contributed by atoms with E-state index in [0.717, 1.165) is 152 Å². The molecule has 14 aliphatic rings. The van der Waals surface area contributed by atoms with E-state index in [2.05, 4.69) is 63.5 Å². The highest BCUT2D eigenvalue weighted by atomic mass is 16.6. The van der Waals surface area contributed by atoms with Crippen LogP contribution in [0.3, 0.4) is 0 Å². The normalized spacial score (nSPS) is 39.1. The number of esters is 2. The molecule has 0 radical (unpaired) electrons. The molecule has 2 saturated heterocycles. The lowest BCUT2D eigenvalue weighted by atomic mass is 9.33. The highest BCUT2D eigenvalue weighted by Crippen LogP contribution is 2.80. The van der Waals surface area contributed by atoms with Crippen molar-refractivity contribution in [1.82, 2.24) is 9.80 Å². The van der Waals surface area contributed by atoms with Crippen LogP contribution in [0.1, 0.15) is 206 Å². The molecule has 0 amide bonds. The van der Waals surface area contributed by atoms with Crippen LogP contribution >= 0.6 is 0 Å². The quantitative estimate of drug-likeness (QED) is 0.0787. The van der Waals surface area contributed by atoms with Gasteiger partial charge in [0, 0.05) is 96.9 Å². The third kappa shape index (κ3) is 7.19. The molecule has 10 fully saturated rings. The molecule has 14 atom stereocenters. The number of ether oxygens (including phenoxy) is 6. The van der Waals surface area contributed by atoms with E-state index in [-0.39, 0.29) is 68.5 Å². The number of carbonyl (C=O) groups excluding carboxylic acids is 2. The van der Waals surface area contributed by atoms with Gasteiger partial charge in [0.05, 0.1) is 11.2 Å². The van der Waals surface area contributed by atoms with Crippen LogP contribution in [0.25, 0.3) is 0 Å². The summed E-state index contributed by atoms with van der Waals surface area (Å²) in [5.41, 5.74) is 0.414. The van der Waals surface area contributed by atoms with Crippen LogP contribution in [0.5, 0.6) is 23.0 Å². The van der Waals surface area contributed by atoms with Gasteiger partial charge < -0.3 is 38.6 Å². The summed E-state index contributed by atoms with van der Waals surface area (Å²) in [7, 11) is 3.68. The third-order valence-electron chi connectivity index (χ3n) is 26.1. The Balaban J connectivity index is 0.612. The minimum atomic E-state index is -0.999. The van der Waals surface area contributed by atoms with Gasteiger partial charge in [0.1, 0.15) is 23.4 Å². The summed E-state index contributed by atoms with van der Waals surface area (Å²) in [6.45, 7) is 21.4. The number of likely N-dealkylation sites (tertiary alicyclic amines) is 2. The molecule has 80 heavy (non-hydrogen) atoms. The molecule has 2 aromatic carbocycles. The molecule has 438 valence electrons. The van der Waals surface area contributed by atoms with E-state index in [4.69, 9.17) is 28.4 Å². The van der Waals surface area contributed by atoms with Crippen molar-refractivity contribution in [3.05, 3.63) is 46.5 Å². The maximum atomic E-state index is 13.8. The Kier molecular flexibility index (Phi) is 12.4. The van der Waals surface area contributed by atoms with Gasteiger partial charge in [-0.25, -0.2) is 0 Å². The van der Waals surface area contributed by atoms with E-state index in [9.17, 15) is 19.8 Å². The van der Waals surface area contributed by atoms with Crippen molar-refractivity contribution in [2.75, 3.05) is 40.4 Å². The number of rotatable bonds is 19. The van der Waals surface area contributed by atoms with Gasteiger partial charge in [-0.15, -0.1) is 0 Å². The van der Waals surface area contributed by atoms with E-state index in [1.807, 2.05) is 40.2 Å². The zero-order valence-corrected chi connectivity index (χ0v) is 50.4. The second-order valence-electron chi connectivity index (χ2n) is 31.1. The van der Waals surface area contributed by atoms with E-state index in [1.165, 1.54) is 47.9 Å². The Morgan fingerprint density at radius 2 is 0.950 bits per heavy atom. The van der Waals surface area contributed by atoms with Gasteiger partial charge in [-0.05, 0) is 176 Å². The summed E-state index contributed by atoms with van der Waals surface area (Å²) in [4.78, 5) is 33.2. The summed E-state index contributed by atoms with van der Waals surface area (Å²) >= 11 is 0. The monoisotopic (exact) mass is 1100 g/mol. The van der Waals surface area contributed by atoms with Crippen molar-refractivity contribution in [3.63, 3.8) is 0 Å². The fourth-order valence-electron chi connectivity index (χ4n) is 20.9. The number of unbranched alkanes of at least 4 members (excludes halogenated alkanes) is 5. The molecule has 0 aromatic heterocycles. The Morgan fingerprint density at radius 3 is 1.31 bits per heavy atom. The van der Waals surface area contributed by atoms with Gasteiger partial charge in [-0.1, -0.05) is 79.4 Å². The number of methoxy groups -OCH3 is 2. The van der Waals surface area contributed by atoms with E-state index >= 15 is 0 Å². The molecule has 2 aromatic rings. The number of nitrogens with zero attached hydrogens (tertiary/aromatic N) is 2. The summed E-state index contributed by atoms with van der Waals surface area (Å²) < 4.78 is 41.0. The first-order valence-corrected chi connectivity index (χ1v) is 32.1. The number of benzene rings is 2. The topological polar surface area (TPSA) is 136 Å². The van der Waals surface area contributed by atoms with Crippen molar-refractivity contribution >= 4 is 11.9 Å². The van der Waals surface area contributed by atoms with Gasteiger partial charge in [-0.3, -0.25) is 19.4 Å². The highest BCUT2D eigenvalue weighted by Gasteiger charge is 2.84. The molecule has 8 saturated carbocycles. The van der Waals surface area contributed by atoms with Gasteiger partial charge in [0.2, 0.25) is 0 Å². The van der Waals surface area contributed by atoms with Gasteiger partial charge >= 0.3 is 11.9 Å². The third-order valence-corrected chi connectivity index (χ3v) is 26.1. The van der Waals surface area contributed by atoms with Crippen molar-refractivity contribution in [2.24, 2.45) is 45.3 Å². The molecular formula is C68H96N2O10. The van der Waals surface area contributed by atoms with E-state index in [0.29, 0.717) is 36.4 Å². The molecule has 12 heteroatoms. The van der Waals surface area contributed by atoms with Crippen LogP contribution in [0.2, 0.25) is 0 Å². The lowest BCUT2D eigenvalue weighted by Crippen LogP contribution is -2.83. The molecule has 8 bridgehead atoms. The lowest BCUT2D eigenvalue weighted by Gasteiger charge is -2.75. The van der Waals surface area contributed by atoms with E-state index in [1.54, 1.807) is 0 Å². The van der Waals surface area contributed by atoms with Crippen molar-refractivity contribution in [1.29, 1.82) is 0 Å². The van der Waals surface area contributed by atoms with E-state index < -0.39 is 22.4 Å². The summed E-state index contributed by atoms with van der Waals surface area (Å²) in [5, 5.41) is 25.3. The first-order valence-electron chi connectivity index (χ1n) is 32.1. The van der Waals surface area contributed by atoms with Crippen LogP contribution in [-0.4, -0.2) is 119 Å². The van der Waals surface area contributed by atoms with Crippen LogP contribution in [0.4, 0.5) is 0 Å². The number of fused-ring (bicyclic) bond motifs is 4. The molecule has 4 heterocycles. The first kappa shape index (κ1) is 54.7. The predicted octanol–water partition coefficient (Wildman–Crippen LogP) is 11.4. The zero-order chi connectivity index (χ0) is 56.0. The van der Waals surface area contributed by atoms with Crippen LogP contribution in [-0.2, 0) is 42.7 Å². The fourth-order valence-corrected chi connectivity index (χ4v) is 20.9. The fraction of sp³-hybridized carbons (Fsp3) is 0.794. The molecule has 4 spiro atoms. The average Bonchev–Trinajstić information content (AvgIpc) is 1.37. The molecule has 16 rings (SSSR count). The van der Waals surface area contributed by atoms with Crippen LogP contribution in [0, 0.1) is 45.3 Å². The molecular weight excluding hydrogens is 1000 g/mol. The van der Waals surface area contributed by atoms with Crippen molar-refractivity contribution in [3.8, 4) is 23.0 Å². The van der Waals surface area contributed by atoms with Gasteiger partial charge in [0.25, 0.3) is 0 Å². The summed E-state index contributed by atoms with van der Waals surface area (Å²) in [6.07, 6.45) is 20.1. The van der Waals surface area contributed by atoms with Crippen molar-refractivity contribution < 1.29 is 48.2 Å². The molecule has 2 N–H and O–H groups in total. The lowest BCUT2D eigenvalue weighted by molar-refractivity contribution is -0.312. The van der Waals surface area contributed by atoms with Crippen LogP contribution < -0.4 is 18.9 Å². The highest BCUT2D eigenvalue weighted by molar-refractivity contribution is 5.76. The van der Waals surface area contributed by atoms with Gasteiger partial charge in [-0.2, -0.15) is 0 Å². The zero-order valence-electron chi connectivity index (χ0n) is 50.4. The number of hydrogen-bond acceptors (Lipinski definition) is 12. The Bertz CT molecular complexity index is 2650. The number of hydrogen-bond donors (Lipinski definition) is 2. The van der Waals surface area contributed by atoms with Gasteiger partial charge in [0.15, 0.2) is 23.0 Å². The summed E-state index contributed by atoms with van der Waals surface area (Å²) in [5.74, 6) is 3.44. The second kappa shape index (κ2) is 18.1. The Morgan fingerprint density at radius 1 is 0.562 bits per heavy atom. The van der Waals surface area contributed by atoms with Crippen LogP contribution in [0.15, 0.2) is 24.3 Å². The smallest absolute Gasteiger partial charge is 0.311 e. The second-order valence-corrected chi connectivity index (χ2v) is 31.1. The number of aliphatic hydroxyl groups is 2. The molecule has 0 unspecified atom stereocenters. The number of piperidine rings is 2. The largest absolute Gasteiger partial charge is 0.482 e. The predicted molar refractivity (Wildman–Crippen MR) is 305 cm³/mol. The molecule has 12 nitrogen and oxygen atoms in total. The molecule has 10 aliphatic carbocycles. The summed E-state index contributed by atoms with van der Waals surface area (Å²) in [6, 6.07) is 9.19. The average molecular weight is 1100 g/mol. The maximum absolute atomic E-state index is 13.8. The first-order chi connectivity index (χ1) is 38.0. The van der Waals surface area contributed by atoms with Crippen molar-refractivity contribution in [2.45, 2.75) is 254 Å². The Labute approximate surface area is 477 Å². The SMILES string of the molecule is CO[C@]12CC[C@@]3(C[C@@H]1[C@](C)(O)C(C)(C)C)[C@H]1Cc4ccc(OC(=O)CCCCCCCCC(=O)Oc5ccc6c7c5O[C@H]5[C@@]8(OC)CC[C@@]9(C[C@@H]8[C@](C)(O)C(C)(C)C)[C@@H](C6)N(CC6CC6)CC[C@]759)c5c4[C@@]3(CCN1CC1CC1)[C@H]2O5. The minimum Gasteiger partial charge on any atom is -0.482 e.